The number of amides is 1. The number of hydrogen-bond donors (Lipinski definition) is 0. The maximum absolute atomic E-state index is 13.2. The SMILES string of the molecule is Cc1ccc(C(=O)N(Cc2ccc(N(C)C)cc2)[C@@H]2CCS(=O)(=O)C2)cc1. The van der Waals surface area contributed by atoms with Crippen molar-refractivity contribution >= 4 is 21.4 Å². The summed E-state index contributed by atoms with van der Waals surface area (Å²) in [7, 11) is 0.882. The molecule has 144 valence electrons. The average molecular weight is 387 g/mol. The van der Waals surface area contributed by atoms with Gasteiger partial charge in [0.1, 0.15) is 0 Å². The number of sulfone groups is 1. The summed E-state index contributed by atoms with van der Waals surface area (Å²) in [6, 6.07) is 15.2. The number of anilines is 1. The van der Waals surface area contributed by atoms with Crippen LogP contribution in [-0.2, 0) is 16.4 Å². The largest absolute Gasteiger partial charge is 0.378 e. The fourth-order valence-corrected chi connectivity index (χ4v) is 5.08. The number of hydrogen-bond acceptors (Lipinski definition) is 4. The Morgan fingerprint density at radius 3 is 2.19 bits per heavy atom. The maximum Gasteiger partial charge on any atom is 0.254 e. The van der Waals surface area contributed by atoms with Crippen molar-refractivity contribution in [3.63, 3.8) is 0 Å². The molecule has 3 rings (SSSR count). The molecule has 0 bridgehead atoms. The van der Waals surface area contributed by atoms with Crippen molar-refractivity contribution in [3.05, 3.63) is 65.2 Å². The monoisotopic (exact) mass is 386 g/mol. The molecule has 1 heterocycles. The highest BCUT2D eigenvalue weighted by atomic mass is 32.2. The highest BCUT2D eigenvalue weighted by Gasteiger charge is 2.35. The van der Waals surface area contributed by atoms with Crippen molar-refractivity contribution in [1.82, 2.24) is 4.90 Å². The van der Waals surface area contributed by atoms with Gasteiger partial charge < -0.3 is 9.80 Å². The van der Waals surface area contributed by atoms with Gasteiger partial charge in [-0.15, -0.1) is 0 Å². The third-order valence-corrected chi connectivity index (χ3v) is 6.76. The van der Waals surface area contributed by atoms with E-state index in [9.17, 15) is 13.2 Å². The van der Waals surface area contributed by atoms with Crippen LogP contribution in [0.25, 0.3) is 0 Å². The fourth-order valence-electron chi connectivity index (χ4n) is 3.35. The van der Waals surface area contributed by atoms with Crippen molar-refractivity contribution in [1.29, 1.82) is 0 Å². The average Bonchev–Trinajstić information content (AvgIpc) is 2.99. The molecule has 0 unspecified atom stereocenters. The zero-order chi connectivity index (χ0) is 19.6. The molecule has 0 aromatic heterocycles. The quantitative estimate of drug-likeness (QED) is 0.793. The lowest BCUT2D eigenvalue weighted by Crippen LogP contribution is -2.40. The molecule has 6 heteroatoms. The zero-order valence-corrected chi connectivity index (χ0v) is 16.9. The Morgan fingerprint density at radius 2 is 1.67 bits per heavy atom. The highest BCUT2D eigenvalue weighted by Crippen LogP contribution is 2.23. The van der Waals surface area contributed by atoms with E-state index in [1.165, 1.54) is 0 Å². The third kappa shape index (κ3) is 4.69. The number of nitrogens with zero attached hydrogens (tertiary/aromatic N) is 2. The van der Waals surface area contributed by atoms with E-state index in [-0.39, 0.29) is 23.5 Å². The maximum atomic E-state index is 13.2. The van der Waals surface area contributed by atoms with Gasteiger partial charge in [-0.2, -0.15) is 0 Å². The minimum absolute atomic E-state index is 0.0420. The molecule has 1 aliphatic rings. The summed E-state index contributed by atoms with van der Waals surface area (Å²) in [5.41, 5.74) is 3.75. The summed E-state index contributed by atoms with van der Waals surface area (Å²) in [5.74, 6) is 0.0729. The molecule has 0 N–H and O–H groups in total. The van der Waals surface area contributed by atoms with Crippen molar-refractivity contribution < 1.29 is 13.2 Å². The van der Waals surface area contributed by atoms with Gasteiger partial charge in [-0.25, -0.2) is 8.42 Å². The van der Waals surface area contributed by atoms with Gasteiger partial charge in [-0.1, -0.05) is 29.8 Å². The van der Waals surface area contributed by atoms with Gasteiger partial charge in [-0.3, -0.25) is 4.79 Å². The van der Waals surface area contributed by atoms with Gasteiger partial charge >= 0.3 is 0 Å². The molecule has 1 aliphatic heterocycles. The van der Waals surface area contributed by atoms with E-state index in [0.29, 0.717) is 18.5 Å². The Labute approximate surface area is 161 Å². The van der Waals surface area contributed by atoms with Crippen LogP contribution in [0.15, 0.2) is 48.5 Å². The standard InChI is InChI=1S/C21H26N2O3S/c1-16-4-8-18(9-5-16)21(24)23(20-12-13-27(25,26)15-20)14-17-6-10-19(11-7-17)22(2)3/h4-11,20H,12-15H2,1-3H3/t20-/m1/s1. The lowest BCUT2D eigenvalue weighted by Gasteiger charge is -2.29. The molecular formula is C21H26N2O3S. The molecule has 27 heavy (non-hydrogen) atoms. The smallest absolute Gasteiger partial charge is 0.254 e. The van der Waals surface area contributed by atoms with E-state index in [1.54, 1.807) is 4.90 Å². The molecule has 5 nitrogen and oxygen atoms in total. The predicted molar refractivity (Wildman–Crippen MR) is 109 cm³/mol. The van der Waals surface area contributed by atoms with Crippen LogP contribution in [-0.4, -0.2) is 50.9 Å². The summed E-state index contributed by atoms with van der Waals surface area (Å²) in [4.78, 5) is 16.9. The Balaban J connectivity index is 1.87. The number of aryl methyl sites for hydroxylation is 1. The van der Waals surface area contributed by atoms with E-state index >= 15 is 0 Å². The Kier molecular flexibility index (Phi) is 5.56. The van der Waals surface area contributed by atoms with Crippen molar-refractivity contribution in [2.45, 2.75) is 25.9 Å². The molecule has 2 aromatic carbocycles. The van der Waals surface area contributed by atoms with Gasteiger partial charge in [0, 0.05) is 37.9 Å². The van der Waals surface area contributed by atoms with E-state index < -0.39 is 9.84 Å². The number of benzene rings is 2. The van der Waals surface area contributed by atoms with Crippen LogP contribution < -0.4 is 4.90 Å². The molecule has 0 radical (unpaired) electrons. The van der Waals surface area contributed by atoms with Crippen LogP contribution in [0, 0.1) is 6.92 Å². The van der Waals surface area contributed by atoms with E-state index in [1.807, 2.05) is 74.4 Å². The van der Waals surface area contributed by atoms with Crippen LogP contribution in [0.3, 0.4) is 0 Å². The van der Waals surface area contributed by atoms with Crippen molar-refractivity contribution in [2.75, 3.05) is 30.5 Å². The Bertz CT molecular complexity index is 903. The summed E-state index contributed by atoms with van der Waals surface area (Å²) in [5, 5.41) is 0. The first kappa shape index (κ1) is 19.4. The molecule has 0 aliphatic carbocycles. The van der Waals surface area contributed by atoms with Crippen LogP contribution in [0.2, 0.25) is 0 Å². The molecule has 0 saturated carbocycles. The number of carbonyl (C=O) groups is 1. The van der Waals surface area contributed by atoms with E-state index in [4.69, 9.17) is 0 Å². The zero-order valence-electron chi connectivity index (χ0n) is 16.1. The molecule has 1 saturated heterocycles. The second-order valence-electron chi connectivity index (χ2n) is 7.42. The normalized spacial score (nSPS) is 18.3. The minimum atomic E-state index is -3.07. The molecule has 1 fully saturated rings. The third-order valence-electron chi connectivity index (χ3n) is 5.01. The van der Waals surface area contributed by atoms with Crippen molar-refractivity contribution in [2.24, 2.45) is 0 Å². The molecule has 1 atom stereocenters. The van der Waals surface area contributed by atoms with Crippen molar-refractivity contribution in [3.8, 4) is 0 Å². The topological polar surface area (TPSA) is 57.7 Å². The molecule has 0 spiro atoms. The first-order valence-corrected chi connectivity index (χ1v) is 10.9. The molecule has 2 aromatic rings. The van der Waals surface area contributed by atoms with Gasteiger partial charge in [-0.05, 0) is 43.2 Å². The first-order chi connectivity index (χ1) is 12.7. The van der Waals surface area contributed by atoms with Crippen LogP contribution >= 0.6 is 0 Å². The number of rotatable bonds is 5. The van der Waals surface area contributed by atoms with Gasteiger partial charge in [0.25, 0.3) is 5.91 Å². The highest BCUT2D eigenvalue weighted by molar-refractivity contribution is 7.91. The van der Waals surface area contributed by atoms with Crippen LogP contribution in [0.1, 0.15) is 27.9 Å². The van der Waals surface area contributed by atoms with Crippen LogP contribution in [0.4, 0.5) is 5.69 Å². The van der Waals surface area contributed by atoms with Gasteiger partial charge in [0.15, 0.2) is 9.84 Å². The van der Waals surface area contributed by atoms with Gasteiger partial charge in [0.05, 0.1) is 11.5 Å². The Morgan fingerprint density at radius 1 is 1.04 bits per heavy atom. The first-order valence-electron chi connectivity index (χ1n) is 9.09. The summed E-state index contributed by atoms with van der Waals surface area (Å²) in [6.45, 7) is 2.38. The lowest BCUT2D eigenvalue weighted by molar-refractivity contribution is 0.0681. The second-order valence-corrected chi connectivity index (χ2v) is 9.65. The summed E-state index contributed by atoms with van der Waals surface area (Å²) in [6.07, 6.45) is 0.496. The van der Waals surface area contributed by atoms with E-state index in [2.05, 4.69) is 0 Å². The Hall–Kier alpha value is -2.34. The predicted octanol–water partition coefficient (Wildman–Crippen LogP) is 2.89. The number of carbonyl (C=O) groups excluding carboxylic acids is 1. The fraction of sp³-hybridized carbons (Fsp3) is 0.381. The lowest BCUT2D eigenvalue weighted by atomic mass is 10.1. The van der Waals surface area contributed by atoms with Crippen LogP contribution in [0.5, 0.6) is 0 Å². The summed E-state index contributed by atoms with van der Waals surface area (Å²) >= 11 is 0. The second kappa shape index (κ2) is 7.72. The van der Waals surface area contributed by atoms with E-state index in [0.717, 1.165) is 16.8 Å². The molecule has 1 amide bonds. The summed E-state index contributed by atoms with van der Waals surface area (Å²) < 4.78 is 24.0. The minimum Gasteiger partial charge on any atom is -0.378 e. The molecular weight excluding hydrogens is 360 g/mol. The van der Waals surface area contributed by atoms with Gasteiger partial charge in [0.2, 0.25) is 0 Å².